The van der Waals surface area contributed by atoms with Crippen molar-refractivity contribution in [2.45, 2.75) is 6.42 Å². The lowest BCUT2D eigenvalue weighted by Crippen LogP contribution is -2.36. The van der Waals surface area contributed by atoms with E-state index >= 15 is 0 Å². The lowest BCUT2D eigenvalue weighted by Gasteiger charge is -2.06. The molecule has 0 fully saturated rings. The number of benzene rings is 1. The summed E-state index contributed by atoms with van der Waals surface area (Å²) in [4.78, 5) is 32.9. The van der Waals surface area contributed by atoms with Crippen molar-refractivity contribution in [2.24, 2.45) is 0 Å². The molecule has 104 valence electrons. The van der Waals surface area contributed by atoms with Crippen LogP contribution in [0.4, 0.5) is 5.69 Å². The van der Waals surface area contributed by atoms with Crippen LogP contribution in [0.2, 0.25) is 0 Å². The third-order valence-electron chi connectivity index (χ3n) is 2.34. The van der Waals surface area contributed by atoms with Gasteiger partial charge in [-0.05, 0) is 30.7 Å². The van der Waals surface area contributed by atoms with Gasteiger partial charge in [0, 0.05) is 18.8 Å². The Labute approximate surface area is 116 Å². The summed E-state index contributed by atoms with van der Waals surface area (Å²) in [6.45, 7) is 0.724. The number of nitriles is 1. The quantitative estimate of drug-likeness (QED) is 0.377. The fraction of sp³-hybridized carbons (Fsp3) is 0.231. The molecule has 0 bridgehead atoms. The predicted octanol–water partition coefficient (Wildman–Crippen LogP) is -0.251. The first kappa shape index (κ1) is 15.2. The minimum atomic E-state index is -0.780. The topological polar surface area (TPSA) is 111 Å². The molecule has 1 aromatic carbocycles. The number of carbonyl (C=O) groups is 3. The smallest absolute Gasteiger partial charge is 0.313 e. The fourth-order valence-corrected chi connectivity index (χ4v) is 1.35. The highest BCUT2D eigenvalue weighted by Gasteiger charge is 2.12. The number of nitrogens with zero attached hydrogens (tertiary/aromatic N) is 1. The van der Waals surface area contributed by atoms with Gasteiger partial charge in [-0.2, -0.15) is 5.26 Å². The van der Waals surface area contributed by atoms with Crippen LogP contribution >= 0.6 is 0 Å². The van der Waals surface area contributed by atoms with Gasteiger partial charge in [0.15, 0.2) is 0 Å². The number of carbonyl (C=O) groups excluding carboxylic acids is 3. The summed E-state index contributed by atoms with van der Waals surface area (Å²) in [5.74, 6) is -1.53. The molecule has 0 aliphatic carbocycles. The summed E-state index contributed by atoms with van der Waals surface area (Å²) < 4.78 is 0. The summed E-state index contributed by atoms with van der Waals surface area (Å²) in [5.41, 5.74) is 0.905. The van der Waals surface area contributed by atoms with E-state index in [-0.39, 0.29) is 0 Å². The molecule has 0 spiro atoms. The first-order valence-electron chi connectivity index (χ1n) is 5.93. The van der Waals surface area contributed by atoms with Crippen LogP contribution in [0, 0.1) is 11.3 Å². The summed E-state index contributed by atoms with van der Waals surface area (Å²) in [5, 5.41) is 15.9. The summed E-state index contributed by atoms with van der Waals surface area (Å²) in [7, 11) is 0. The molecule has 1 rings (SSSR count). The zero-order valence-electron chi connectivity index (χ0n) is 10.7. The van der Waals surface area contributed by atoms with Gasteiger partial charge in [0.25, 0.3) is 0 Å². The second kappa shape index (κ2) is 8.26. The molecule has 7 heteroatoms. The standard InChI is InChI=1S/C13H14N4O3/c14-8-10-2-4-11(5-3-10)17-13(20)12(19)16-7-1-6-15-9-18/h2-5,9H,1,6-7H2,(H,15,18)(H,16,19)(H,17,20). The van der Waals surface area contributed by atoms with E-state index in [0.717, 1.165) is 0 Å². The Morgan fingerprint density at radius 2 is 1.85 bits per heavy atom. The van der Waals surface area contributed by atoms with Gasteiger partial charge in [0.1, 0.15) is 0 Å². The number of hydrogen-bond acceptors (Lipinski definition) is 4. The average Bonchev–Trinajstić information content (AvgIpc) is 2.47. The molecule has 3 amide bonds. The van der Waals surface area contributed by atoms with Gasteiger partial charge < -0.3 is 16.0 Å². The summed E-state index contributed by atoms with van der Waals surface area (Å²) >= 11 is 0. The molecule has 0 heterocycles. The molecule has 0 unspecified atom stereocenters. The van der Waals surface area contributed by atoms with E-state index in [1.165, 1.54) is 12.1 Å². The monoisotopic (exact) mass is 274 g/mol. The van der Waals surface area contributed by atoms with Crippen LogP contribution in [0.1, 0.15) is 12.0 Å². The Kier molecular flexibility index (Phi) is 6.27. The molecule has 0 aromatic heterocycles. The van der Waals surface area contributed by atoms with E-state index in [1.54, 1.807) is 12.1 Å². The first-order valence-corrected chi connectivity index (χ1v) is 5.93. The largest absolute Gasteiger partial charge is 0.359 e. The Bertz CT molecular complexity index is 519. The molecule has 20 heavy (non-hydrogen) atoms. The van der Waals surface area contributed by atoms with Crippen molar-refractivity contribution < 1.29 is 14.4 Å². The van der Waals surface area contributed by atoms with Gasteiger partial charge in [-0.1, -0.05) is 0 Å². The number of rotatable bonds is 6. The van der Waals surface area contributed by atoms with Crippen molar-refractivity contribution in [3.8, 4) is 6.07 Å². The van der Waals surface area contributed by atoms with Crippen LogP contribution in [0.5, 0.6) is 0 Å². The average molecular weight is 274 g/mol. The second-order valence-corrected chi connectivity index (χ2v) is 3.82. The van der Waals surface area contributed by atoms with Crippen molar-refractivity contribution in [3.63, 3.8) is 0 Å². The zero-order valence-corrected chi connectivity index (χ0v) is 10.7. The van der Waals surface area contributed by atoms with E-state index in [2.05, 4.69) is 16.0 Å². The van der Waals surface area contributed by atoms with Crippen molar-refractivity contribution in [3.05, 3.63) is 29.8 Å². The number of anilines is 1. The normalized spacial score (nSPS) is 9.15. The Morgan fingerprint density at radius 1 is 1.15 bits per heavy atom. The maximum Gasteiger partial charge on any atom is 0.313 e. The Morgan fingerprint density at radius 3 is 2.45 bits per heavy atom. The van der Waals surface area contributed by atoms with Crippen LogP contribution < -0.4 is 16.0 Å². The first-order chi connectivity index (χ1) is 9.67. The lowest BCUT2D eigenvalue weighted by molar-refractivity contribution is -0.136. The predicted molar refractivity (Wildman–Crippen MR) is 71.5 cm³/mol. The van der Waals surface area contributed by atoms with Crippen LogP contribution in [-0.2, 0) is 14.4 Å². The number of hydrogen-bond donors (Lipinski definition) is 3. The van der Waals surface area contributed by atoms with Crippen LogP contribution in [0.15, 0.2) is 24.3 Å². The van der Waals surface area contributed by atoms with E-state index < -0.39 is 11.8 Å². The maximum atomic E-state index is 11.5. The van der Waals surface area contributed by atoms with Crippen molar-refractivity contribution in [1.29, 1.82) is 5.26 Å². The van der Waals surface area contributed by atoms with E-state index in [0.29, 0.717) is 37.2 Å². The molecule has 0 aliphatic rings. The number of amides is 3. The molecule has 0 atom stereocenters. The molecular weight excluding hydrogens is 260 g/mol. The van der Waals surface area contributed by atoms with Gasteiger partial charge in [0.05, 0.1) is 11.6 Å². The SMILES string of the molecule is N#Cc1ccc(NC(=O)C(=O)NCCCNC=O)cc1. The molecule has 1 aromatic rings. The molecule has 7 nitrogen and oxygen atoms in total. The minimum Gasteiger partial charge on any atom is -0.359 e. The van der Waals surface area contributed by atoms with Crippen LogP contribution in [0.25, 0.3) is 0 Å². The van der Waals surface area contributed by atoms with Crippen molar-refractivity contribution >= 4 is 23.9 Å². The van der Waals surface area contributed by atoms with Gasteiger partial charge in [0.2, 0.25) is 6.41 Å². The Hall–Kier alpha value is -2.88. The van der Waals surface area contributed by atoms with Gasteiger partial charge in [-0.3, -0.25) is 14.4 Å². The van der Waals surface area contributed by atoms with Gasteiger partial charge >= 0.3 is 11.8 Å². The van der Waals surface area contributed by atoms with Crippen LogP contribution in [-0.4, -0.2) is 31.3 Å². The van der Waals surface area contributed by atoms with E-state index in [4.69, 9.17) is 5.26 Å². The van der Waals surface area contributed by atoms with Gasteiger partial charge in [-0.15, -0.1) is 0 Å². The van der Waals surface area contributed by atoms with Crippen LogP contribution in [0.3, 0.4) is 0 Å². The zero-order chi connectivity index (χ0) is 14.8. The lowest BCUT2D eigenvalue weighted by atomic mass is 10.2. The van der Waals surface area contributed by atoms with E-state index in [9.17, 15) is 14.4 Å². The highest BCUT2D eigenvalue weighted by atomic mass is 16.2. The molecule has 3 N–H and O–H groups in total. The second-order valence-electron chi connectivity index (χ2n) is 3.82. The van der Waals surface area contributed by atoms with E-state index in [1.807, 2.05) is 6.07 Å². The third-order valence-corrected chi connectivity index (χ3v) is 2.34. The molecule has 0 aliphatic heterocycles. The molecule has 0 saturated heterocycles. The summed E-state index contributed by atoms with van der Waals surface area (Å²) in [6, 6.07) is 8.11. The molecule has 0 radical (unpaired) electrons. The maximum absolute atomic E-state index is 11.5. The molecule has 0 saturated carbocycles. The van der Waals surface area contributed by atoms with Crippen molar-refractivity contribution in [1.82, 2.24) is 10.6 Å². The highest BCUT2D eigenvalue weighted by Crippen LogP contribution is 2.08. The Balaban J connectivity index is 2.35. The molecular formula is C13H14N4O3. The third kappa shape index (κ3) is 5.18. The number of nitrogens with one attached hydrogen (secondary N) is 3. The highest BCUT2D eigenvalue weighted by molar-refractivity contribution is 6.39. The van der Waals surface area contributed by atoms with Crippen molar-refractivity contribution in [2.75, 3.05) is 18.4 Å². The minimum absolute atomic E-state index is 0.292. The fourth-order valence-electron chi connectivity index (χ4n) is 1.35. The summed E-state index contributed by atoms with van der Waals surface area (Å²) in [6.07, 6.45) is 1.11. The van der Waals surface area contributed by atoms with Gasteiger partial charge in [-0.25, -0.2) is 0 Å².